The predicted molar refractivity (Wildman–Crippen MR) is 185 cm³/mol. The molecular weight excluding hydrogens is 614 g/mol. The van der Waals surface area contributed by atoms with Gasteiger partial charge in [-0.2, -0.15) is 0 Å². The lowest BCUT2D eigenvalue weighted by Crippen LogP contribution is -2.40. The number of hydrogen-bond donors (Lipinski definition) is 1. The summed E-state index contributed by atoms with van der Waals surface area (Å²) >= 11 is 6.29. The molecule has 1 aliphatic rings. The lowest BCUT2D eigenvalue weighted by Gasteiger charge is -2.34. The number of allylic oxidation sites excluding steroid dienone is 10. The van der Waals surface area contributed by atoms with Gasteiger partial charge in [0.1, 0.15) is 0 Å². The highest BCUT2D eigenvalue weighted by Gasteiger charge is 2.27. The van der Waals surface area contributed by atoms with Gasteiger partial charge in [0.05, 0.1) is 30.7 Å². The van der Waals surface area contributed by atoms with Crippen LogP contribution in [-0.4, -0.2) is 66.9 Å². The topological polar surface area (TPSA) is 79.3 Å². The van der Waals surface area contributed by atoms with Gasteiger partial charge in [-0.05, 0) is 101 Å². The zero-order valence-electron chi connectivity index (χ0n) is 28.8. The second kappa shape index (κ2) is 23.0. The molecule has 46 heavy (non-hydrogen) atoms. The van der Waals surface area contributed by atoms with E-state index in [9.17, 15) is 18.4 Å². The molecule has 1 heterocycles. The Bertz CT molecular complexity index is 1220. The first-order valence-corrected chi connectivity index (χ1v) is 16.1. The Morgan fingerprint density at radius 3 is 2.26 bits per heavy atom. The molecular formula is C36H53ClF2N2O5. The number of piperidine rings is 1. The maximum atomic E-state index is 15.0. The van der Waals surface area contributed by atoms with Gasteiger partial charge in [0, 0.05) is 24.0 Å². The number of rotatable bonds is 16. The van der Waals surface area contributed by atoms with Crippen molar-refractivity contribution in [3.63, 3.8) is 0 Å². The molecule has 0 aromatic heterocycles. The van der Waals surface area contributed by atoms with Gasteiger partial charge in [0.25, 0.3) is 0 Å². The molecule has 1 rings (SSSR count). The molecule has 0 aliphatic carbocycles. The number of carbonyl (C=O) groups excluding carboxylic acids is 1. The van der Waals surface area contributed by atoms with Crippen LogP contribution in [0.15, 0.2) is 94.5 Å². The Kier molecular flexibility index (Phi) is 21.3. The number of carbonyl (C=O) groups is 2. The number of carboxylic acids is 1. The average Bonchev–Trinajstić information content (AvgIpc) is 3.05. The molecule has 0 saturated carbocycles. The lowest BCUT2D eigenvalue weighted by molar-refractivity contribution is -0.132. The molecule has 1 amide bonds. The SMILES string of the molecule is C=C\C=C(F)/C(F)=C(C)/C(=C\CN1CCC(CN(C(=O)OC)C(/C=C\C(=C)C(=O)O)=C(/C)Cl)CC1)CC(C)/C(=C\C)OCC.CC. The molecule has 0 aromatic rings. The molecule has 258 valence electrons. The average molecular weight is 667 g/mol. The second-order valence-corrected chi connectivity index (χ2v) is 11.1. The summed E-state index contributed by atoms with van der Waals surface area (Å²) < 4.78 is 40.1. The van der Waals surface area contributed by atoms with Crippen LogP contribution in [-0.2, 0) is 14.3 Å². The van der Waals surface area contributed by atoms with Crippen molar-refractivity contribution in [2.24, 2.45) is 11.8 Å². The molecule has 0 bridgehead atoms. The summed E-state index contributed by atoms with van der Waals surface area (Å²) in [7, 11) is 1.27. The third-order valence-corrected chi connectivity index (χ3v) is 7.59. The number of carboxylic acid groups (broad SMARTS) is 1. The van der Waals surface area contributed by atoms with Gasteiger partial charge in [-0.1, -0.05) is 57.7 Å². The van der Waals surface area contributed by atoms with Crippen LogP contribution in [0.4, 0.5) is 13.6 Å². The van der Waals surface area contributed by atoms with Crippen LogP contribution >= 0.6 is 11.6 Å². The molecule has 10 heteroatoms. The quantitative estimate of drug-likeness (QED) is 0.100. The number of hydrogen-bond acceptors (Lipinski definition) is 5. The molecule has 0 aromatic carbocycles. The van der Waals surface area contributed by atoms with Crippen molar-refractivity contribution in [3.05, 3.63) is 94.5 Å². The molecule has 1 fully saturated rings. The van der Waals surface area contributed by atoms with Gasteiger partial charge in [-0.15, -0.1) is 0 Å². The van der Waals surface area contributed by atoms with E-state index < -0.39 is 23.7 Å². The minimum atomic E-state index is -1.18. The van der Waals surface area contributed by atoms with Gasteiger partial charge >= 0.3 is 12.1 Å². The van der Waals surface area contributed by atoms with Crippen molar-refractivity contribution in [1.29, 1.82) is 0 Å². The number of likely N-dealkylation sites (tertiary alicyclic amines) is 1. The molecule has 1 unspecified atom stereocenters. The zero-order valence-corrected chi connectivity index (χ0v) is 29.6. The highest BCUT2D eigenvalue weighted by atomic mass is 35.5. The Labute approximate surface area is 279 Å². The normalized spacial score (nSPS) is 16.9. The molecule has 1 aliphatic heterocycles. The van der Waals surface area contributed by atoms with E-state index in [0.717, 1.165) is 37.8 Å². The van der Waals surface area contributed by atoms with Crippen LogP contribution in [0, 0.1) is 11.8 Å². The fourth-order valence-electron chi connectivity index (χ4n) is 4.87. The summed E-state index contributed by atoms with van der Waals surface area (Å²) in [5.74, 6) is -2.18. The van der Waals surface area contributed by atoms with E-state index in [1.807, 2.05) is 46.8 Å². The van der Waals surface area contributed by atoms with E-state index in [1.165, 1.54) is 30.2 Å². The highest BCUT2D eigenvalue weighted by Crippen LogP contribution is 2.31. The molecule has 7 nitrogen and oxygen atoms in total. The maximum absolute atomic E-state index is 15.0. The van der Waals surface area contributed by atoms with E-state index in [2.05, 4.69) is 18.1 Å². The first kappa shape index (κ1) is 42.6. The van der Waals surface area contributed by atoms with Gasteiger partial charge in [0.15, 0.2) is 11.7 Å². The van der Waals surface area contributed by atoms with Crippen LogP contribution in [0.3, 0.4) is 0 Å². The summed E-state index contributed by atoms with van der Waals surface area (Å²) in [6.45, 7) is 22.7. The van der Waals surface area contributed by atoms with Crippen molar-refractivity contribution in [1.82, 2.24) is 9.80 Å². The van der Waals surface area contributed by atoms with Crippen LogP contribution in [0.1, 0.15) is 67.7 Å². The zero-order chi connectivity index (χ0) is 35.4. The third kappa shape index (κ3) is 14.3. The maximum Gasteiger partial charge on any atom is 0.414 e. The van der Waals surface area contributed by atoms with Gasteiger partial charge in [0.2, 0.25) is 0 Å². The first-order valence-electron chi connectivity index (χ1n) is 15.7. The van der Waals surface area contributed by atoms with E-state index in [1.54, 1.807) is 13.8 Å². The molecule has 1 saturated heterocycles. The fourth-order valence-corrected chi connectivity index (χ4v) is 5.03. The number of methoxy groups -OCH3 is 1. The fraction of sp³-hybridized carbons (Fsp3) is 0.500. The van der Waals surface area contributed by atoms with Crippen molar-refractivity contribution in [3.8, 4) is 0 Å². The molecule has 1 atom stereocenters. The van der Waals surface area contributed by atoms with Crippen LogP contribution in [0.2, 0.25) is 0 Å². The number of aliphatic carboxylic acids is 1. The number of nitrogens with zero attached hydrogens (tertiary/aromatic N) is 2. The smallest absolute Gasteiger partial charge is 0.414 e. The van der Waals surface area contributed by atoms with Crippen molar-refractivity contribution < 1.29 is 33.0 Å². The largest absolute Gasteiger partial charge is 0.498 e. The minimum absolute atomic E-state index is 0.0372. The summed E-state index contributed by atoms with van der Waals surface area (Å²) in [5.41, 5.74) is 1.12. The van der Waals surface area contributed by atoms with Crippen LogP contribution < -0.4 is 0 Å². The van der Waals surface area contributed by atoms with E-state index in [0.29, 0.717) is 42.4 Å². The summed E-state index contributed by atoms with van der Waals surface area (Å²) in [4.78, 5) is 27.5. The predicted octanol–water partition coefficient (Wildman–Crippen LogP) is 9.64. The molecule has 0 spiro atoms. The van der Waals surface area contributed by atoms with Crippen molar-refractivity contribution >= 4 is 23.7 Å². The number of amides is 1. The van der Waals surface area contributed by atoms with Gasteiger partial charge in [-0.3, -0.25) is 9.80 Å². The van der Waals surface area contributed by atoms with E-state index >= 15 is 0 Å². The Morgan fingerprint density at radius 1 is 1.17 bits per heavy atom. The summed E-state index contributed by atoms with van der Waals surface area (Å²) in [6.07, 6.45) is 10.2. The Hall–Kier alpha value is -3.43. The molecule has 0 radical (unpaired) electrons. The van der Waals surface area contributed by atoms with Gasteiger partial charge in [-0.25, -0.2) is 18.4 Å². The lowest BCUT2D eigenvalue weighted by atomic mass is 9.92. The third-order valence-electron chi connectivity index (χ3n) is 7.39. The Balaban J connectivity index is 0.00000991. The van der Waals surface area contributed by atoms with Crippen LogP contribution in [0.5, 0.6) is 0 Å². The summed E-state index contributed by atoms with van der Waals surface area (Å²) in [6, 6.07) is 0. The van der Waals surface area contributed by atoms with Gasteiger partial charge < -0.3 is 14.6 Å². The number of halogens is 3. The minimum Gasteiger partial charge on any atom is -0.498 e. The number of ether oxygens (including phenoxy) is 2. The highest BCUT2D eigenvalue weighted by molar-refractivity contribution is 6.29. The second-order valence-electron chi connectivity index (χ2n) is 10.6. The van der Waals surface area contributed by atoms with E-state index in [4.69, 9.17) is 26.2 Å². The van der Waals surface area contributed by atoms with Crippen LogP contribution in [0.25, 0.3) is 0 Å². The van der Waals surface area contributed by atoms with Crippen molar-refractivity contribution in [2.75, 3.05) is 39.9 Å². The van der Waals surface area contributed by atoms with E-state index in [-0.39, 0.29) is 23.0 Å². The van der Waals surface area contributed by atoms with Crippen molar-refractivity contribution in [2.45, 2.75) is 67.7 Å². The Morgan fingerprint density at radius 2 is 1.78 bits per heavy atom. The summed E-state index contributed by atoms with van der Waals surface area (Å²) in [5, 5.41) is 9.43. The molecule has 1 N–H and O–H groups in total. The monoisotopic (exact) mass is 666 g/mol. The standard InChI is InChI=1S/C34H47ClF2N2O5.C2H6/c1-9-12-29(36)32(37)25(6)28(21-24(5)31(10-2)44-11-3)17-20-38-18-15-27(16-19-38)22-39(34(42)43-8)30(26(7)35)14-13-23(4)33(40)41;1-2/h9-10,12-14,17,24,27H,1,4,11,15-16,18-22H2,2-3,5-8H3,(H,40,41);1-2H3/b14-13-,28-17-,29-12+,30-26-,31-10+,32-25-;. The first-order chi connectivity index (χ1) is 21.8.